The number of carbonyl (C=O) groups is 2. The van der Waals surface area contributed by atoms with Gasteiger partial charge < -0.3 is 9.84 Å². The van der Waals surface area contributed by atoms with E-state index in [1.807, 2.05) is 20.8 Å². The molecule has 114 valence electrons. The van der Waals surface area contributed by atoms with Crippen LogP contribution in [-0.4, -0.2) is 43.7 Å². The van der Waals surface area contributed by atoms with Crippen LogP contribution >= 0.6 is 0 Å². The van der Waals surface area contributed by atoms with Crippen molar-refractivity contribution in [1.29, 1.82) is 0 Å². The monoisotopic (exact) mass is 293 g/mol. The van der Waals surface area contributed by atoms with Crippen molar-refractivity contribution in [3.8, 4) is 0 Å². The van der Waals surface area contributed by atoms with Crippen molar-refractivity contribution >= 4 is 12.1 Å². The van der Waals surface area contributed by atoms with E-state index < -0.39 is 11.6 Å². The first-order valence-electron chi connectivity index (χ1n) is 6.80. The highest BCUT2D eigenvalue weighted by Gasteiger charge is 2.35. The predicted molar refractivity (Wildman–Crippen MR) is 73.8 cm³/mol. The van der Waals surface area contributed by atoms with Crippen molar-refractivity contribution in [3.05, 3.63) is 23.8 Å². The van der Waals surface area contributed by atoms with Gasteiger partial charge in [-0.15, -0.1) is 0 Å². The zero-order chi connectivity index (χ0) is 15.6. The molecule has 0 aliphatic heterocycles. The number of nitrogens with zero attached hydrogens (tertiary/aromatic N) is 3. The summed E-state index contributed by atoms with van der Waals surface area (Å²) in [5.41, 5.74) is -0.130. The minimum absolute atomic E-state index is 0.117. The van der Waals surface area contributed by atoms with Crippen LogP contribution in [0.2, 0.25) is 0 Å². The Morgan fingerprint density at radius 1 is 1.33 bits per heavy atom. The zero-order valence-corrected chi connectivity index (χ0v) is 12.4. The van der Waals surface area contributed by atoms with E-state index in [1.54, 1.807) is 4.90 Å². The Labute approximate surface area is 123 Å². The second kappa shape index (κ2) is 5.67. The summed E-state index contributed by atoms with van der Waals surface area (Å²) >= 11 is 0. The molecule has 1 saturated carbocycles. The molecule has 0 aromatic carbocycles. The molecule has 0 saturated heterocycles. The van der Waals surface area contributed by atoms with Crippen LogP contribution in [0.25, 0.3) is 0 Å². The summed E-state index contributed by atoms with van der Waals surface area (Å²) in [6.45, 7) is 5.72. The van der Waals surface area contributed by atoms with Gasteiger partial charge in [-0.25, -0.2) is 14.6 Å². The normalized spacial score (nSPS) is 14.6. The van der Waals surface area contributed by atoms with Gasteiger partial charge in [0, 0.05) is 6.04 Å². The Hall–Kier alpha value is -2.18. The lowest BCUT2D eigenvalue weighted by Gasteiger charge is -2.27. The number of carboxylic acids is 1. The highest BCUT2D eigenvalue weighted by atomic mass is 16.6. The van der Waals surface area contributed by atoms with E-state index in [0.717, 1.165) is 12.8 Å². The maximum Gasteiger partial charge on any atom is 0.410 e. The number of rotatable bonds is 4. The molecule has 1 heterocycles. The van der Waals surface area contributed by atoms with Gasteiger partial charge in [0.15, 0.2) is 5.69 Å². The third-order valence-electron chi connectivity index (χ3n) is 2.87. The number of carbonyl (C=O) groups excluding carboxylic acids is 1. The minimum atomic E-state index is -1.12. The molecule has 0 radical (unpaired) electrons. The molecule has 0 spiro atoms. The summed E-state index contributed by atoms with van der Waals surface area (Å²) < 4.78 is 5.38. The molecule has 0 unspecified atom stereocenters. The molecule has 1 N–H and O–H groups in total. The molecule has 1 fully saturated rings. The number of hydrogen-bond donors (Lipinski definition) is 1. The zero-order valence-electron chi connectivity index (χ0n) is 12.4. The topological polar surface area (TPSA) is 92.6 Å². The van der Waals surface area contributed by atoms with Crippen LogP contribution in [0.5, 0.6) is 0 Å². The van der Waals surface area contributed by atoms with Gasteiger partial charge in [0.25, 0.3) is 0 Å². The molecular formula is C14H19N3O4. The van der Waals surface area contributed by atoms with Crippen LogP contribution in [0.3, 0.4) is 0 Å². The van der Waals surface area contributed by atoms with E-state index in [0.29, 0.717) is 5.69 Å². The minimum Gasteiger partial charge on any atom is -0.476 e. The van der Waals surface area contributed by atoms with Crippen molar-refractivity contribution in [2.75, 3.05) is 0 Å². The van der Waals surface area contributed by atoms with Crippen molar-refractivity contribution in [3.63, 3.8) is 0 Å². The predicted octanol–water partition coefficient (Wildman–Crippen LogP) is 2.07. The van der Waals surface area contributed by atoms with Crippen molar-refractivity contribution in [2.45, 2.75) is 51.8 Å². The van der Waals surface area contributed by atoms with Crippen molar-refractivity contribution < 1.29 is 19.4 Å². The standard InChI is InChI=1S/C14H19N3O4/c1-14(2,3)21-13(20)17(10-4-5-10)8-9-6-16-11(7-15-9)12(18)19/h6-7,10H,4-5,8H2,1-3H3,(H,18,19). The van der Waals surface area contributed by atoms with E-state index in [2.05, 4.69) is 9.97 Å². The van der Waals surface area contributed by atoms with E-state index in [4.69, 9.17) is 9.84 Å². The van der Waals surface area contributed by atoms with Crippen molar-refractivity contribution in [1.82, 2.24) is 14.9 Å². The van der Waals surface area contributed by atoms with Crippen LogP contribution in [0, 0.1) is 0 Å². The largest absolute Gasteiger partial charge is 0.476 e. The van der Waals surface area contributed by atoms with Gasteiger partial charge in [0.1, 0.15) is 5.60 Å². The fourth-order valence-corrected chi connectivity index (χ4v) is 1.77. The molecule has 0 atom stereocenters. The number of aromatic carboxylic acids is 1. The highest BCUT2D eigenvalue weighted by molar-refractivity contribution is 5.84. The summed E-state index contributed by atoms with van der Waals surface area (Å²) in [6, 6.07) is 0.167. The first-order chi connectivity index (χ1) is 9.76. The van der Waals surface area contributed by atoms with Crippen LogP contribution in [0.1, 0.15) is 49.8 Å². The molecule has 21 heavy (non-hydrogen) atoms. The fourth-order valence-electron chi connectivity index (χ4n) is 1.77. The molecule has 1 aliphatic carbocycles. The van der Waals surface area contributed by atoms with Gasteiger partial charge in [0.2, 0.25) is 0 Å². The third-order valence-corrected chi connectivity index (χ3v) is 2.87. The van der Waals surface area contributed by atoms with Crippen LogP contribution < -0.4 is 0 Å². The number of hydrogen-bond acceptors (Lipinski definition) is 5. The van der Waals surface area contributed by atoms with E-state index >= 15 is 0 Å². The summed E-state index contributed by atoms with van der Waals surface area (Å²) in [6.07, 6.45) is 4.08. The van der Waals surface area contributed by atoms with E-state index in [1.165, 1.54) is 12.4 Å². The smallest absolute Gasteiger partial charge is 0.410 e. The molecule has 1 aromatic rings. The third kappa shape index (κ3) is 4.40. The van der Waals surface area contributed by atoms with Gasteiger partial charge in [0.05, 0.1) is 24.6 Å². The Kier molecular flexibility index (Phi) is 4.11. The first-order valence-corrected chi connectivity index (χ1v) is 6.80. The van der Waals surface area contributed by atoms with Crippen LogP contribution in [0.15, 0.2) is 12.4 Å². The quantitative estimate of drug-likeness (QED) is 0.913. The van der Waals surface area contributed by atoms with E-state index in [-0.39, 0.29) is 24.4 Å². The van der Waals surface area contributed by atoms with Gasteiger partial charge in [-0.1, -0.05) is 0 Å². The SMILES string of the molecule is CC(C)(C)OC(=O)N(Cc1cnc(C(=O)O)cn1)C1CC1. The molecular weight excluding hydrogens is 274 g/mol. The molecule has 1 aromatic heterocycles. The summed E-state index contributed by atoms with van der Waals surface area (Å²) in [5.74, 6) is -1.12. The van der Waals surface area contributed by atoms with Crippen molar-refractivity contribution in [2.24, 2.45) is 0 Å². The summed E-state index contributed by atoms with van der Waals surface area (Å²) in [7, 11) is 0. The van der Waals surface area contributed by atoms with E-state index in [9.17, 15) is 9.59 Å². The second-order valence-electron chi connectivity index (χ2n) is 6.04. The maximum atomic E-state index is 12.2. The Balaban J connectivity index is 2.06. The van der Waals surface area contributed by atoms with Gasteiger partial charge in [-0.2, -0.15) is 0 Å². The first kappa shape index (κ1) is 15.2. The average Bonchev–Trinajstić information content (AvgIpc) is 3.18. The second-order valence-corrected chi connectivity index (χ2v) is 6.04. The summed E-state index contributed by atoms with van der Waals surface area (Å²) in [5, 5.41) is 8.78. The lowest BCUT2D eigenvalue weighted by molar-refractivity contribution is 0.0213. The Morgan fingerprint density at radius 3 is 2.43 bits per heavy atom. The summed E-state index contributed by atoms with van der Waals surface area (Å²) in [4.78, 5) is 32.4. The molecule has 2 rings (SSSR count). The fraction of sp³-hybridized carbons (Fsp3) is 0.571. The Morgan fingerprint density at radius 2 is 2.00 bits per heavy atom. The lowest BCUT2D eigenvalue weighted by atomic mass is 10.2. The average molecular weight is 293 g/mol. The van der Waals surface area contributed by atoms with Crippen LogP contribution in [-0.2, 0) is 11.3 Å². The molecule has 1 aliphatic rings. The lowest BCUT2D eigenvalue weighted by Crippen LogP contribution is -2.38. The molecule has 7 heteroatoms. The van der Waals surface area contributed by atoms with Gasteiger partial charge in [-0.3, -0.25) is 9.88 Å². The molecule has 1 amide bonds. The number of amides is 1. The maximum absolute atomic E-state index is 12.2. The molecule has 0 bridgehead atoms. The van der Waals surface area contributed by atoms with Gasteiger partial charge >= 0.3 is 12.1 Å². The number of aromatic nitrogens is 2. The number of carboxylic acid groups (broad SMARTS) is 1. The van der Waals surface area contributed by atoms with Crippen LogP contribution in [0.4, 0.5) is 4.79 Å². The van der Waals surface area contributed by atoms with Gasteiger partial charge in [-0.05, 0) is 33.6 Å². The molecule has 7 nitrogen and oxygen atoms in total. The highest BCUT2D eigenvalue weighted by Crippen LogP contribution is 2.29. The Bertz CT molecular complexity index is 532. The number of ether oxygens (including phenoxy) is 1.